The van der Waals surface area contributed by atoms with Gasteiger partial charge in [0.1, 0.15) is 0 Å². The number of alkyl halides is 3. The predicted molar refractivity (Wildman–Crippen MR) is 51.4 cm³/mol. The molecule has 1 fully saturated rings. The van der Waals surface area contributed by atoms with Crippen LogP contribution in [0, 0.1) is 0 Å². The van der Waals surface area contributed by atoms with Crippen molar-refractivity contribution in [3.63, 3.8) is 0 Å². The van der Waals surface area contributed by atoms with Crippen LogP contribution in [0.2, 0.25) is 0 Å². The molecule has 0 unspecified atom stereocenters. The largest absolute Gasteiger partial charge is 0.416 e. The van der Waals surface area contributed by atoms with Crippen LogP contribution < -0.4 is 5.32 Å². The molecule has 0 aromatic heterocycles. The minimum Gasteiger partial charge on any atom is -0.310 e. The molecule has 0 radical (unpaired) electrons. The Morgan fingerprint density at radius 3 is 2.53 bits per heavy atom. The Kier molecular flexibility index (Phi) is 2.69. The van der Waals surface area contributed by atoms with Crippen molar-refractivity contribution in [1.82, 2.24) is 5.32 Å². The lowest BCUT2D eigenvalue weighted by atomic mass is 9.99. The minimum absolute atomic E-state index is 0.136. The van der Waals surface area contributed by atoms with Crippen molar-refractivity contribution in [2.45, 2.75) is 25.1 Å². The van der Waals surface area contributed by atoms with Crippen molar-refractivity contribution in [2.24, 2.45) is 0 Å². The monoisotopic (exact) mass is 215 g/mol. The standard InChI is InChI=1S/C11H12F3N/c12-11(13,14)9-5-2-1-4-8(9)10-6-3-7-15-10/h1-2,4-5,10,15H,3,6-7H2/t10-/m1/s1. The normalized spacial score (nSPS) is 21.9. The van der Waals surface area contributed by atoms with Crippen LogP contribution in [0.25, 0.3) is 0 Å². The molecule has 1 aliphatic heterocycles. The summed E-state index contributed by atoms with van der Waals surface area (Å²) >= 11 is 0. The molecule has 0 amide bonds. The van der Waals surface area contributed by atoms with E-state index in [1.54, 1.807) is 12.1 Å². The van der Waals surface area contributed by atoms with Crippen molar-refractivity contribution in [1.29, 1.82) is 0 Å². The highest BCUT2D eigenvalue weighted by Crippen LogP contribution is 2.36. The lowest BCUT2D eigenvalue weighted by Gasteiger charge is -2.17. The predicted octanol–water partition coefficient (Wildman–Crippen LogP) is 3.13. The van der Waals surface area contributed by atoms with Crippen LogP contribution in [0.1, 0.15) is 30.0 Å². The van der Waals surface area contributed by atoms with E-state index < -0.39 is 11.7 Å². The number of nitrogens with one attached hydrogen (secondary N) is 1. The van der Waals surface area contributed by atoms with Gasteiger partial charge in [-0.25, -0.2) is 0 Å². The van der Waals surface area contributed by atoms with Crippen molar-refractivity contribution in [2.75, 3.05) is 6.54 Å². The zero-order chi connectivity index (χ0) is 10.9. The highest BCUT2D eigenvalue weighted by molar-refractivity contribution is 5.32. The quantitative estimate of drug-likeness (QED) is 0.758. The first kappa shape index (κ1) is 10.5. The number of benzene rings is 1. The molecule has 4 heteroatoms. The maximum Gasteiger partial charge on any atom is 0.416 e. The Labute approximate surface area is 86.3 Å². The van der Waals surface area contributed by atoms with Gasteiger partial charge in [0.2, 0.25) is 0 Å². The van der Waals surface area contributed by atoms with E-state index in [1.165, 1.54) is 6.07 Å². The molecule has 1 aliphatic rings. The Hall–Kier alpha value is -1.03. The van der Waals surface area contributed by atoms with Gasteiger partial charge in [-0.3, -0.25) is 0 Å². The molecule has 0 saturated carbocycles. The second-order valence-electron chi connectivity index (χ2n) is 3.73. The molecule has 82 valence electrons. The number of halogens is 3. The third-order valence-corrected chi connectivity index (χ3v) is 2.70. The van der Waals surface area contributed by atoms with Gasteiger partial charge in [0.25, 0.3) is 0 Å². The van der Waals surface area contributed by atoms with Gasteiger partial charge in [0.15, 0.2) is 0 Å². The Balaban J connectivity index is 2.37. The molecule has 1 aromatic rings. The molecular weight excluding hydrogens is 203 g/mol. The molecule has 1 atom stereocenters. The fourth-order valence-electron chi connectivity index (χ4n) is 2.01. The van der Waals surface area contributed by atoms with Gasteiger partial charge < -0.3 is 5.32 Å². The topological polar surface area (TPSA) is 12.0 Å². The summed E-state index contributed by atoms with van der Waals surface area (Å²) in [4.78, 5) is 0. The van der Waals surface area contributed by atoms with E-state index in [-0.39, 0.29) is 6.04 Å². The molecule has 1 nitrogen and oxygen atoms in total. The molecule has 2 rings (SSSR count). The van der Waals surface area contributed by atoms with Crippen molar-refractivity contribution in [3.05, 3.63) is 35.4 Å². The molecule has 1 saturated heterocycles. The van der Waals surface area contributed by atoms with Gasteiger partial charge in [0, 0.05) is 6.04 Å². The lowest BCUT2D eigenvalue weighted by Crippen LogP contribution is -2.18. The molecule has 0 bridgehead atoms. The van der Waals surface area contributed by atoms with E-state index in [0.29, 0.717) is 5.56 Å². The molecule has 0 spiro atoms. The summed E-state index contributed by atoms with van der Waals surface area (Å²) in [5.41, 5.74) is -0.132. The first-order valence-electron chi connectivity index (χ1n) is 4.98. The van der Waals surface area contributed by atoms with E-state index in [0.717, 1.165) is 25.5 Å². The van der Waals surface area contributed by atoms with E-state index in [9.17, 15) is 13.2 Å². The van der Waals surface area contributed by atoms with Gasteiger partial charge in [-0.05, 0) is 31.0 Å². The van der Waals surface area contributed by atoms with Gasteiger partial charge in [0.05, 0.1) is 5.56 Å². The Morgan fingerprint density at radius 2 is 1.93 bits per heavy atom. The summed E-state index contributed by atoms with van der Waals surface area (Å²) in [6.45, 7) is 0.802. The highest BCUT2D eigenvalue weighted by atomic mass is 19.4. The van der Waals surface area contributed by atoms with E-state index in [1.807, 2.05) is 0 Å². The summed E-state index contributed by atoms with van der Waals surface area (Å²) in [7, 11) is 0. The van der Waals surface area contributed by atoms with E-state index >= 15 is 0 Å². The SMILES string of the molecule is FC(F)(F)c1ccccc1[C@H]1CCCN1. The van der Waals surface area contributed by atoms with Crippen LogP contribution >= 0.6 is 0 Å². The second-order valence-corrected chi connectivity index (χ2v) is 3.73. The second kappa shape index (κ2) is 3.85. The minimum atomic E-state index is -4.25. The van der Waals surface area contributed by atoms with Gasteiger partial charge in [-0.15, -0.1) is 0 Å². The van der Waals surface area contributed by atoms with E-state index in [4.69, 9.17) is 0 Å². The van der Waals surface area contributed by atoms with Crippen LogP contribution in [0.15, 0.2) is 24.3 Å². The fraction of sp³-hybridized carbons (Fsp3) is 0.455. The van der Waals surface area contributed by atoms with E-state index in [2.05, 4.69) is 5.32 Å². The summed E-state index contributed by atoms with van der Waals surface area (Å²) in [6.07, 6.45) is -2.52. The fourth-order valence-corrected chi connectivity index (χ4v) is 2.01. The summed E-state index contributed by atoms with van der Waals surface area (Å²) in [6, 6.07) is 5.66. The molecule has 1 N–H and O–H groups in total. The van der Waals surface area contributed by atoms with Gasteiger partial charge >= 0.3 is 6.18 Å². The maximum absolute atomic E-state index is 12.7. The number of hydrogen-bond acceptors (Lipinski definition) is 1. The Morgan fingerprint density at radius 1 is 1.20 bits per heavy atom. The van der Waals surface area contributed by atoms with Gasteiger partial charge in [-0.1, -0.05) is 18.2 Å². The third kappa shape index (κ3) is 2.15. The van der Waals surface area contributed by atoms with Gasteiger partial charge in [-0.2, -0.15) is 13.2 Å². The Bertz CT molecular complexity index is 340. The van der Waals surface area contributed by atoms with Crippen LogP contribution in [0.3, 0.4) is 0 Å². The van der Waals surface area contributed by atoms with Crippen LogP contribution in [0.5, 0.6) is 0 Å². The number of rotatable bonds is 1. The zero-order valence-electron chi connectivity index (χ0n) is 8.14. The summed E-state index contributed by atoms with van der Waals surface area (Å²) < 4.78 is 38.0. The summed E-state index contributed by atoms with van der Waals surface area (Å²) in [5.74, 6) is 0. The van der Waals surface area contributed by atoms with Crippen LogP contribution in [-0.2, 0) is 6.18 Å². The van der Waals surface area contributed by atoms with Crippen LogP contribution in [-0.4, -0.2) is 6.54 Å². The molecule has 1 aromatic carbocycles. The average Bonchev–Trinajstić information content (AvgIpc) is 2.69. The smallest absolute Gasteiger partial charge is 0.310 e. The first-order chi connectivity index (χ1) is 7.09. The van der Waals surface area contributed by atoms with Crippen LogP contribution in [0.4, 0.5) is 13.2 Å². The molecule has 15 heavy (non-hydrogen) atoms. The zero-order valence-corrected chi connectivity index (χ0v) is 8.14. The average molecular weight is 215 g/mol. The maximum atomic E-state index is 12.7. The molecular formula is C11H12F3N. The van der Waals surface area contributed by atoms with Crippen molar-refractivity contribution < 1.29 is 13.2 Å². The highest BCUT2D eigenvalue weighted by Gasteiger charge is 2.35. The lowest BCUT2D eigenvalue weighted by molar-refractivity contribution is -0.138. The summed E-state index contributed by atoms with van der Waals surface area (Å²) in [5, 5.41) is 3.09. The van der Waals surface area contributed by atoms with Crippen molar-refractivity contribution >= 4 is 0 Å². The molecule has 1 heterocycles. The first-order valence-corrected chi connectivity index (χ1v) is 4.98. The third-order valence-electron chi connectivity index (χ3n) is 2.70. The van der Waals surface area contributed by atoms with Crippen molar-refractivity contribution in [3.8, 4) is 0 Å². The number of hydrogen-bond donors (Lipinski definition) is 1. The molecule has 0 aliphatic carbocycles.